The number of hydrogen-bond acceptors (Lipinski definition) is 5. The van der Waals surface area contributed by atoms with E-state index in [4.69, 9.17) is 5.11 Å². The third-order valence-electron chi connectivity index (χ3n) is 3.65. The van der Waals surface area contributed by atoms with Crippen molar-refractivity contribution in [3.8, 4) is 0 Å². The van der Waals surface area contributed by atoms with Crippen molar-refractivity contribution in [3.05, 3.63) is 0 Å². The lowest BCUT2D eigenvalue weighted by molar-refractivity contribution is -0.128. The van der Waals surface area contributed by atoms with Crippen molar-refractivity contribution < 1.29 is 24.9 Å². The Morgan fingerprint density at radius 2 is 1.94 bits per heavy atom. The predicted octanol–water partition coefficient (Wildman–Crippen LogP) is -2.21. The Bertz CT molecular complexity index is 335. The normalized spacial score (nSPS) is 42.2. The second-order valence-electron chi connectivity index (χ2n) is 4.63. The second kappa shape index (κ2) is 4.59. The number of hydrogen-bond donors (Lipinski definition) is 5. The zero-order valence-electron chi connectivity index (χ0n) is 9.17. The summed E-state index contributed by atoms with van der Waals surface area (Å²) in [5.74, 6) is -1.86. The summed E-state index contributed by atoms with van der Waals surface area (Å²) in [5.41, 5.74) is 0. The minimum absolute atomic E-state index is 0.150. The van der Waals surface area contributed by atoms with Crippen LogP contribution in [0.1, 0.15) is 6.42 Å². The molecule has 2 fully saturated rings. The van der Waals surface area contributed by atoms with Crippen LogP contribution >= 0.6 is 0 Å². The fourth-order valence-corrected chi connectivity index (χ4v) is 2.64. The third kappa shape index (κ3) is 2.13. The topological polar surface area (TPSA) is 119 Å². The van der Waals surface area contributed by atoms with E-state index in [1.807, 2.05) is 0 Å². The van der Waals surface area contributed by atoms with Crippen molar-refractivity contribution in [2.24, 2.45) is 17.8 Å². The number of aliphatic hydroxyl groups excluding tert-OH is 3. The lowest BCUT2D eigenvalue weighted by Gasteiger charge is -2.29. The maximum Gasteiger partial charge on any atom is 0.321 e. The van der Waals surface area contributed by atoms with Gasteiger partial charge in [0.15, 0.2) is 0 Å². The van der Waals surface area contributed by atoms with Crippen LogP contribution in [0.5, 0.6) is 0 Å². The van der Waals surface area contributed by atoms with Crippen molar-refractivity contribution in [1.29, 1.82) is 0 Å². The Kier molecular flexibility index (Phi) is 3.32. The predicted molar refractivity (Wildman–Crippen MR) is 55.7 cm³/mol. The summed E-state index contributed by atoms with van der Waals surface area (Å²) >= 11 is 0. The Morgan fingerprint density at radius 3 is 2.47 bits per heavy atom. The first kappa shape index (κ1) is 12.3. The van der Waals surface area contributed by atoms with E-state index < -0.39 is 41.9 Å². The summed E-state index contributed by atoms with van der Waals surface area (Å²) in [4.78, 5) is 22.5. The zero-order valence-corrected chi connectivity index (χ0v) is 9.17. The lowest BCUT2D eigenvalue weighted by atomic mass is 9.87. The quantitative estimate of drug-likeness (QED) is 0.377. The molecule has 0 spiro atoms. The van der Waals surface area contributed by atoms with Crippen molar-refractivity contribution in [2.75, 3.05) is 13.2 Å². The highest BCUT2D eigenvalue weighted by molar-refractivity contribution is 5.98. The van der Waals surface area contributed by atoms with Gasteiger partial charge in [-0.2, -0.15) is 0 Å². The number of aliphatic hydroxyl groups is 3. The highest BCUT2D eigenvalue weighted by Crippen LogP contribution is 2.36. The summed E-state index contributed by atoms with van der Waals surface area (Å²) in [7, 11) is 0. The number of carbonyl (C=O) groups is 2. The van der Waals surface area contributed by atoms with Gasteiger partial charge in [-0.05, 0) is 6.42 Å². The van der Waals surface area contributed by atoms with Crippen molar-refractivity contribution in [3.63, 3.8) is 0 Å². The van der Waals surface area contributed by atoms with Crippen LogP contribution in [0, 0.1) is 17.8 Å². The molecule has 17 heavy (non-hydrogen) atoms. The lowest BCUT2D eigenvalue weighted by Crippen LogP contribution is -2.55. The van der Waals surface area contributed by atoms with E-state index in [1.165, 1.54) is 0 Å². The fourth-order valence-electron chi connectivity index (χ4n) is 2.64. The van der Waals surface area contributed by atoms with Gasteiger partial charge >= 0.3 is 6.03 Å². The molecule has 2 aliphatic rings. The molecule has 1 saturated carbocycles. The summed E-state index contributed by atoms with van der Waals surface area (Å²) in [5, 5.41) is 33.2. The molecule has 2 rings (SSSR count). The van der Waals surface area contributed by atoms with Gasteiger partial charge in [0.2, 0.25) is 5.91 Å². The van der Waals surface area contributed by atoms with E-state index >= 15 is 0 Å². The van der Waals surface area contributed by atoms with Crippen molar-refractivity contribution in [1.82, 2.24) is 10.6 Å². The Balaban J connectivity index is 2.08. The molecule has 3 unspecified atom stereocenters. The SMILES string of the molecule is O=C1NCC([C@@H]2C[C@H](CO)C(O)C2O)C(=O)N1. The standard InChI is InChI=1S/C10H16N2O5/c13-3-4-1-5(8(15)7(4)14)6-2-11-10(17)12-9(6)16/h4-8,13-15H,1-3H2,(H2,11,12,16,17)/t4-,5+,6?,7?,8?/m1/s1. The average molecular weight is 244 g/mol. The number of carbonyl (C=O) groups excluding carboxylic acids is 2. The smallest absolute Gasteiger partial charge is 0.321 e. The minimum Gasteiger partial charge on any atom is -0.396 e. The molecule has 0 radical (unpaired) electrons. The molecule has 0 aromatic heterocycles. The fraction of sp³-hybridized carbons (Fsp3) is 0.800. The number of amides is 3. The van der Waals surface area contributed by atoms with Crippen LogP contribution < -0.4 is 10.6 Å². The maximum atomic E-state index is 11.6. The van der Waals surface area contributed by atoms with Gasteiger partial charge in [-0.15, -0.1) is 0 Å². The molecule has 5 N–H and O–H groups in total. The Labute approximate surface area is 97.8 Å². The molecule has 1 saturated heterocycles. The third-order valence-corrected chi connectivity index (χ3v) is 3.65. The van der Waals surface area contributed by atoms with E-state index in [0.717, 1.165) is 0 Å². The van der Waals surface area contributed by atoms with Crippen LogP contribution in [0.4, 0.5) is 4.79 Å². The van der Waals surface area contributed by atoms with Crippen LogP contribution in [-0.2, 0) is 4.79 Å². The van der Waals surface area contributed by atoms with Crippen molar-refractivity contribution >= 4 is 11.9 Å². The summed E-state index contributed by atoms with van der Waals surface area (Å²) in [6.45, 7) is -0.0767. The number of nitrogens with one attached hydrogen (secondary N) is 2. The first-order valence-corrected chi connectivity index (χ1v) is 5.60. The van der Waals surface area contributed by atoms with Gasteiger partial charge in [0, 0.05) is 25.0 Å². The highest BCUT2D eigenvalue weighted by atomic mass is 16.3. The van der Waals surface area contributed by atoms with Crippen LogP contribution in [0.3, 0.4) is 0 Å². The highest BCUT2D eigenvalue weighted by Gasteiger charge is 2.47. The van der Waals surface area contributed by atoms with Gasteiger partial charge in [-0.25, -0.2) is 4.79 Å². The summed E-state index contributed by atoms with van der Waals surface area (Å²) in [6.07, 6.45) is -1.69. The average Bonchev–Trinajstić information content (AvgIpc) is 2.57. The maximum absolute atomic E-state index is 11.6. The minimum atomic E-state index is -1.04. The van der Waals surface area contributed by atoms with E-state index in [9.17, 15) is 19.8 Å². The number of imide groups is 1. The van der Waals surface area contributed by atoms with E-state index in [-0.39, 0.29) is 13.2 Å². The largest absolute Gasteiger partial charge is 0.396 e. The van der Waals surface area contributed by atoms with E-state index in [0.29, 0.717) is 6.42 Å². The molecular weight excluding hydrogens is 228 g/mol. The van der Waals surface area contributed by atoms with Crippen LogP contribution in [-0.4, -0.2) is 52.6 Å². The molecular formula is C10H16N2O5. The molecule has 3 amide bonds. The molecule has 7 heteroatoms. The molecule has 5 atom stereocenters. The molecule has 1 aliphatic heterocycles. The first-order valence-electron chi connectivity index (χ1n) is 5.60. The number of urea groups is 1. The van der Waals surface area contributed by atoms with Crippen LogP contribution in [0.25, 0.3) is 0 Å². The van der Waals surface area contributed by atoms with E-state index in [2.05, 4.69) is 10.6 Å². The molecule has 0 bridgehead atoms. The second-order valence-corrected chi connectivity index (χ2v) is 4.63. The van der Waals surface area contributed by atoms with Gasteiger partial charge in [0.05, 0.1) is 18.1 Å². The number of rotatable bonds is 2. The van der Waals surface area contributed by atoms with Crippen LogP contribution in [0.2, 0.25) is 0 Å². The monoisotopic (exact) mass is 244 g/mol. The summed E-state index contributed by atoms with van der Waals surface area (Å²) < 4.78 is 0. The first-order chi connectivity index (χ1) is 8.04. The molecule has 1 aliphatic carbocycles. The van der Waals surface area contributed by atoms with Gasteiger partial charge in [-0.1, -0.05) is 0 Å². The Hall–Kier alpha value is -1.18. The van der Waals surface area contributed by atoms with E-state index in [1.54, 1.807) is 0 Å². The van der Waals surface area contributed by atoms with Gasteiger partial charge in [0.1, 0.15) is 0 Å². The molecule has 7 nitrogen and oxygen atoms in total. The molecule has 1 heterocycles. The molecule has 96 valence electrons. The van der Waals surface area contributed by atoms with Crippen molar-refractivity contribution in [2.45, 2.75) is 18.6 Å². The van der Waals surface area contributed by atoms with Gasteiger partial charge in [0.25, 0.3) is 0 Å². The van der Waals surface area contributed by atoms with Gasteiger partial charge in [-0.3, -0.25) is 10.1 Å². The molecule has 0 aromatic rings. The molecule has 0 aromatic carbocycles. The Morgan fingerprint density at radius 1 is 1.24 bits per heavy atom. The zero-order chi connectivity index (χ0) is 12.6. The summed E-state index contributed by atoms with van der Waals surface area (Å²) in [6, 6.07) is -0.544. The van der Waals surface area contributed by atoms with Crippen LogP contribution in [0.15, 0.2) is 0 Å². The van der Waals surface area contributed by atoms with Gasteiger partial charge < -0.3 is 20.6 Å².